The minimum Gasteiger partial charge on any atom is -0.493 e. The molecule has 2 aromatic rings. The Morgan fingerprint density at radius 2 is 1.76 bits per heavy atom. The van der Waals surface area contributed by atoms with Crippen LogP contribution in [0.3, 0.4) is 0 Å². The summed E-state index contributed by atoms with van der Waals surface area (Å²) in [7, 11) is 3.00. The first-order valence-electron chi connectivity index (χ1n) is 9.16. The molecule has 29 heavy (non-hydrogen) atoms. The number of rotatable bonds is 7. The van der Waals surface area contributed by atoms with Gasteiger partial charge in [-0.2, -0.15) is 0 Å². The van der Waals surface area contributed by atoms with Gasteiger partial charge in [-0.3, -0.25) is 14.5 Å². The lowest BCUT2D eigenvalue weighted by molar-refractivity contribution is -0.134. The van der Waals surface area contributed by atoms with Crippen molar-refractivity contribution in [1.29, 1.82) is 0 Å². The van der Waals surface area contributed by atoms with Crippen LogP contribution in [0.25, 0.3) is 0 Å². The van der Waals surface area contributed by atoms with Crippen LogP contribution in [0.5, 0.6) is 11.5 Å². The van der Waals surface area contributed by atoms with E-state index in [-0.39, 0.29) is 0 Å². The summed E-state index contributed by atoms with van der Waals surface area (Å²) in [5.41, 5.74) is -0.0183. The van der Waals surface area contributed by atoms with Gasteiger partial charge in [-0.1, -0.05) is 37.3 Å². The maximum Gasteiger partial charge on any atom is 0.325 e. The highest BCUT2D eigenvalue weighted by Gasteiger charge is 2.51. The molecule has 2 aromatic carbocycles. The van der Waals surface area contributed by atoms with Crippen molar-refractivity contribution in [2.45, 2.75) is 18.9 Å². The van der Waals surface area contributed by atoms with Crippen LogP contribution in [-0.2, 0) is 15.1 Å². The van der Waals surface area contributed by atoms with Crippen LogP contribution in [0, 0.1) is 0 Å². The number of amides is 4. The molecule has 0 aliphatic carbocycles. The van der Waals surface area contributed by atoms with Crippen molar-refractivity contribution in [3.05, 3.63) is 54.1 Å². The van der Waals surface area contributed by atoms with Crippen LogP contribution in [0.15, 0.2) is 48.5 Å². The van der Waals surface area contributed by atoms with Crippen molar-refractivity contribution < 1.29 is 23.9 Å². The smallest absolute Gasteiger partial charge is 0.325 e. The van der Waals surface area contributed by atoms with Crippen molar-refractivity contribution in [1.82, 2.24) is 10.2 Å². The SMILES string of the molecule is CCC1(c2ccccc2)NC(=O)N(CC(=O)Nc2ccc(OC)c(OC)c2)C1=O. The molecule has 0 saturated carbocycles. The molecule has 1 saturated heterocycles. The van der Waals surface area contributed by atoms with Crippen LogP contribution in [-0.4, -0.2) is 43.5 Å². The second-order valence-corrected chi connectivity index (χ2v) is 6.56. The lowest BCUT2D eigenvalue weighted by atomic mass is 9.87. The normalized spacial score (nSPS) is 18.4. The Labute approximate surface area is 168 Å². The molecule has 0 spiro atoms. The molecule has 152 valence electrons. The van der Waals surface area contributed by atoms with E-state index in [0.29, 0.717) is 29.2 Å². The first kappa shape index (κ1) is 20.2. The van der Waals surface area contributed by atoms with Gasteiger partial charge in [-0.15, -0.1) is 0 Å². The van der Waals surface area contributed by atoms with Crippen molar-refractivity contribution in [3.8, 4) is 11.5 Å². The molecule has 1 unspecified atom stereocenters. The van der Waals surface area contributed by atoms with Gasteiger partial charge in [-0.05, 0) is 24.1 Å². The second kappa shape index (κ2) is 8.22. The van der Waals surface area contributed by atoms with Gasteiger partial charge in [0.2, 0.25) is 5.91 Å². The Morgan fingerprint density at radius 3 is 2.38 bits per heavy atom. The summed E-state index contributed by atoms with van der Waals surface area (Å²) >= 11 is 0. The van der Waals surface area contributed by atoms with Gasteiger partial charge < -0.3 is 20.1 Å². The molecule has 2 N–H and O–H groups in total. The van der Waals surface area contributed by atoms with Gasteiger partial charge >= 0.3 is 6.03 Å². The maximum atomic E-state index is 13.1. The fraction of sp³-hybridized carbons (Fsp3) is 0.286. The molecule has 0 radical (unpaired) electrons. The first-order valence-corrected chi connectivity index (χ1v) is 9.16. The standard InChI is InChI=1S/C21H23N3O5/c1-4-21(14-8-6-5-7-9-14)19(26)24(20(27)23-21)13-18(25)22-15-10-11-16(28-2)17(12-15)29-3/h5-12H,4,13H2,1-3H3,(H,22,25)(H,23,27). The molecule has 3 rings (SSSR count). The quantitative estimate of drug-likeness (QED) is 0.700. The topological polar surface area (TPSA) is 97.0 Å². The molecule has 0 aromatic heterocycles. The summed E-state index contributed by atoms with van der Waals surface area (Å²) in [6.45, 7) is 1.42. The van der Waals surface area contributed by atoms with E-state index in [2.05, 4.69) is 10.6 Å². The predicted molar refractivity (Wildman–Crippen MR) is 107 cm³/mol. The number of benzene rings is 2. The summed E-state index contributed by atoms with van der Waals surface area (Å²) in [6, 6.07) is 13.3. The number of ether oxygens (including phenoxy) is 2. The minimum atomic E-state index is -1.16. The van der Waals surface area contributed by atoms with Gasteiger partial charge in [0.15, 0.2) is 11.5 Å². The van der Waals surface area contributed by atoms with E-state index in [9.17, 15) is 14.4 Å². The average molecular weight is 397 g/mol. The van der Waals surface area contributed by atoms with Gasteiger partial charge in [0, 0.05) is 11.8 Å². The Bertz CT molecular complexity index is 931. The highest BCUT2D eigenvalue weighted by Crippen LogP contribution is 2.32. The number of urea groups is 1. The highest BCUT2D eigenvalue weighted by atomic mass is 16.5. The number of methoxy groups -OCH3 is 2. The number of hydrogen-bond acceptors (Lipinski definition) is 5. The monoisotopic (exact) mass is 397 g/mol. The van der Waals surface area contributed by atoms with E-state index >= 15 is 0 Å². The zero-order chi connectivity index (χ0) is 21.0. The third kappa shape index (κ3) is 3.73. The largest absolute Gasteiger partial charge is 0.493 e. The molecule has 1 aliphatic heterocycles. The second-order valence-electron chi connectivity index (χ2n) is 6.56. The third-order valence-corrected chi connectivity index (χ3v) is 4.94. The van der Waals surface area contributed by atoms with Crippen LogP contribution in [0.4, 0.5) is 10.5 Å². The van der Waals surface area contributed by atoms with Gasteiger partial charge in [0.25, 0.3) is 5.91 Å². The number of imide groups is 1. The van der Waals surface area contributed by atoms with E-state index in [1.807, 2.05) is 13.0 Å². The molecule has 0 bridgehead atoms. The zero-order valence-electron chi connectivity index (χ0n) is 16.5. The lowest BCUT2D eigenvalue weighted by Crippen LogP contribution is -2.44. The Morgan fingerprint density at radius 1 is 1.07 bits per heavy atom. The van der Waals surface area contributed by atoms with Gasteiger partial charge in [0.1, 0.15) is 12.1 Å². The third-order valence-electron chi connectivity index (χ3n) is 4.94. The molecule has 1 fully saturated rings. The van der Waals surface area contributed by atoms with Crippen LogP contribution < -0.4 is 20.1 Å². The predicted octanol–water partition coefficient (Wildman–Crippen LogP) is 2.50. The summed E-state index contributed by atoms with van der Waals surface area (Å²) in [4.78, 5) is 39.0. The van der Waals surface area contributed by atoms with Crippen LogP contribution in [0.2, 0.25) is 0 Å². The Kier molecular flexibility index (Phi) is 5.72. The number of anilines is 1. The molecule has 1 heterocycles. The summed E-state index contributed by atoms with van der Waals surface area (Å²) in [5, 5.41) is 5.43. The maximum absolute atomic E-state index is 13.1. The summed E-state index contributed by atoms with van der Waals surface area (Å²) in [6.07, 6.45) is 0.370. The summed E-state index contributed by atoms with van der Waals surface area (Å²) in [5.74, 6) is 0.0314. The van der Waals surface area contributed by atoms with E-state index in [4.69, 9.17) is 9.47 Å². The Hall–Kier alpha value is -3.55. The molecule has 4 amide bonds. The van der Waals surface area contributed by atoms with Crippen molar-refractivity contribution in [3.63, 3.8) is 0 Å². The van der Waals surface area contributed by atoms with E-state index in [0.717, 1.165) is 4.90 Å². The van der Waals surface area contributed by atoms with Gasteiger partial charge in [-0.25, -0.2) is 4.79 Å². The average Bonchev–Trinajstić information content (AvgIpc) is 2.99. The molecular weight excluding hydrogens is 374 g/mol. The van der Waals surface area contributed by atoms with E-state index in [1.54, 1.807) is 42.5 Å². The molecule has 1 aliphatic rings. The molecule has 8 heteroatoms. The highest BCUT2D eigenvalue weighted by molar-refractivity contribution is 6.10. The Balaban J connectivity index is 1.76. The first-order chi connectivity index (χ1) is 13.9. The lowest BCUT2D eigenvalue weighted by Gasteiger charge is -2.25. The van der Waals surface area contributed by atoms with Gasteiger partial charge in [0.05, 0.1) is 14.2 Å². The number of nitrogens with one attached hydrogen (secondary N) is 2. The summed E-state index contributed by atoms with van der Waals surface area (Å²) < 4.78 is 10.4. The van der Waals surface area contributed by atoms with E-state index < -0.39 is 29.9 Å². The molecular formula is C21H23N3O5. The fourth-order valence-corrected chi connectivity index (χ4v) is 3.39. The number of hydrogen-bond donors (Lipinski definition) is 2. The minimum absolute atomic E-state index is 0.370. The van der Waals surface area contributed by atoms with Crippen LogP contribution >= 0.6 is 0 Å². The number of nitrogens with zero attached hydrogens (tertiary/aromatic N) is 1. The number of carbonyl (C=O) groups is 3. The van der Waals surface area contributed by atoms with Crippen LogP contribution in [0.1, 0.15) is 18.9 Å². The fourth-order valence-electron chi connectivity index (χ4n) is 3.39. The van der Waals surface area contributed by atoms with E-state index in [1.165, 1.54) is 14.2 Å². The molecule has 8 nitrogen and oxygen atoms in total. The number of carbonyl (C=O) groups excluding carboxylic acids is 3. The van der Waals surface area contributed by atoms with Crippen molar-refractivity contribution in [2.24, 2.45) is 0 Å². The zero-order valence-corrected chi connectivity index (χ0v) is 16.5. The molecule has 1 atom stereocenters. The van der Waals surface area contributed by atoms with Crippen molar-refractivity contribution >= 4 is 23.5 Å². The van der Waals surface area contributed by atoms with Crippen molar-refractivity contribution in [2.75, 3.05) is 26.1 Å².